The Hall–Kier alpha value is -3.39. The van der Waals surface area contributed by atoms with Gasteiger partial charge >= 0.3 is 12.1 Å². The van der Waals surface area contributed by atoms with Crippen LogP contribution >= 0.6 is 0 Å². The Morgan fingerprint density at radius 2 is 1.77 bits per heavy atom. The van der Waals surface area contributed by atoms with Crippen molar-refractivity contribution in [3.05, 3.63) is 59.7 Å². The summed E-state index contributed by atoms with van der Waals surface area (Å²) in [6.45, 7) is 2.99. The van der Waals surface area contributed by atoms with Crippen LogP contribution in [0.1, 0.15) is 30.4 Å². The van der Waals surface area contributed by atoms with E-state index in [4.69, 9.17) is 9.47 Å². The second kappa shape index (κ2) is 7.81. The van der Waals surface area contributed by atoms with Crippen LogP contribution in [0.25, 0.3) is 11.1 Å². The molecular weight excluding hydrogens is 448 g/mol. The standard InChI is InChI=1S/C27H28N2O6/c1-26(23(30)29-11-16-10-27(16,14-29)24(31)32)15-34-13-22(26)28-25(33)35-12-21-19-8-4-2-6-17(19)18-7-3-5-9-20(18)21/h2-9,16,21-22H,10-15H2,1H3,(H,28,33)(H,31,32). The highest BCUT2D eigenvalue weighted by Gasteiger charge is 2.67. The molecule has 2 heterocycles. The number of fused-ring (bicyclic) bond motifs is 4. The van der Waals surface area contributed by atoms with Gasteiger partial charge in [0.2, 0.25) is 5.91 Å². The van der Waals surface area contributed by atoms with Crippen LogP contribution in [0.3, 0.4) is 0 Å². The first-order chi connectivity index (χ1) is 16.8. The summed E-state index contributed by atoms with van der Waals surface area (Å²) in [4.78, 5) is 39.5. The van der Waals surface area contributed by atoms with Gasteiger partial charge in [0.15, 0.2) is 0 Å². The van der Waals surface area contributed by atoms with E-state index in [0.717, 1.165) is 22.3 Å². The Morgan fingerprint density at radius 1 is 1.11 bits per heavy atom. The first-order valence-electron chi connectivity index (χ1n) is 12.1. The molecule has 4 atom stereocenters. The highest BCUT2D eigenvalue weighted by atomic mass is 16.5. The molecule has 8 heteroatoms. The third-order valence-electron chi connectivity index (χ3n) is 8.44. The van der Waals surface area contributed by atoms with Crippen molar-refractivity contribution >= 4 is 18.0 Å². The first-order valence-corrected chi connectivity index (χ1v) is 12.1. The number of benzene rings is 2. The number of nitrogens with zero attached hydrogens (tertiary/aromatic N) is 1. The van der Waals surface area contributed by atoms with Gasteiger partial charge in [0.05, 0.1) is 30.1 Å². The van der Waals surface area contributed by atoms with Crippen LogP contribution in [0.4, 0.5) is 4.79 Å². The minimum atomic E-state index is -0.970. The zero-order valence-electron chi connectivity index (χ0n) is 19.5. The monoisotopic (exact) mass is 476 g/mol. The minimum Gasteiger partial charge on any atom is -0.481 e. The fourth-order valence-corrected chi connectivity index (χ4v) is 6.20. The molecule has 4 aliphatic rings. The average molecular weight is 477 g/mol. The number of hydrogen-bond donors (Lipinski definition) is 2. The van der Waals surface area contributed by atoms with Crippen molar-refractivity contribution in [2.45, 2.75) is 25.3 Å². The maximum absolute atomic E-state index is 13.4. The summed E-state index contributed by atoms with van der Waals surface area (Å²) in [7, 11) is 0. The quantitative estimate of drug-likeness (QED) is 0.688. The number of carbonyl (C=O) groups excluding carboxylic acids is 2. The van der Waals surface area contributed by atoms with Gasteiger partial charge in [0.25, 0.3) is 0 Å². The SMILES string of the molecule is CC1(C(=O)N2CC3CC3(C(=O)O)C2)COCC1NC(=O)OCC1c2ccccc2-c2ccccc21. The fraction of sp³-hybridized carbons (Fsp3) is 0.444. The van der Waals surface area contributed by atoms with Crippen LogP contribution in [0.2, 0.25) is 0 Å². The molecule has 0 radical (unpaired) electrons. The number of likely N-dealkylation sites (tertiary alicyclic amines) is 1. The number of alkyl carbamates (subject to hydrolysis) is 1. The Labute approximate surface area is 203 Å². The molecule has 6 rings (SSSR count). The zero-order chi connectivity index (χ0) is 24.4. The van der Waals surface area contributed by atoms with E-state index in [2.05, 4.69) is 29.6 Å². The lowest BCUT2D eigenvalue weighted by Crippen LogP contribution is -2.54. The molecule has 2 aliphatic carbocycles. The van der Waals surface area contributed by atoms with Gasteiger partial charge in [0.1, 0.15) is 6.61 Å². The van der Waals surface area contributed by atoms with Crippen LogP contribution in [-0.2, 0) is 19.1 Å². The number of aliphatic carboxylic acids is 1. The van der Waals surface area contributed by atoms with Crippen LogP contribution in [0.5, 0.6) is 0 Å². The molecule has 0 bridgehead atoms. The van der Waals surface area contributed by atoms with Crippen molar-refractivity contribution < 1.29 is 29.0 Å². The second-order valence-electron chi connectivity index (χ2n) is 10.5. The first kappa shape index (κ1) is 22.1. The molecule has 182 valence electrons. The topological polar surface area (TPSA) is 105 Å². The summed E-state index contributed by atoms with van der Waals surface area (Å²) < 4.78 is 11.3. The second-order valence-corrected chi connectivity index (χ2v) is 10.5. The Morgan fingerprint density at radius 3 is 2.40 bits per heavy atom. The predicted molar refractivity (Wildman–Crippen MR) is 126 cm³/mol. The van der Waals surface area contributed by atoms with Crippen LogP contribution in [0, 0.1) is 16.7 Å². The maximum atomic E-state index is 13.4. The number of nitrogens with one attached hydrogen (secondary N) is 1. The number of rotatable bonds is 5. The highest BCUT2D eigenvalue weighted by molar-refractivity contribution is 5.88. The Balaban J connectivity index is 1.11. The molecule has 3 fully saturated rings. The molecule has 2 aromatic rings. The van der Waals surface area contributed by atoms with Gasteiger partial charge in [-0.05, 0) is 41.5 Å². The zero-order valence-corrected chi connectivity index (χ0v) is 19.5. The van der Waals surface area contributed by atoms with Gasteiger partial charge in [-0.15, -0.1) is 0 Å². The highest BCUT2D eigenvalue weighted by Crippen LogP contribution is 2.58. The Bertz CT molecular complexity index is 1180. The number of carboxylic acid groups (broad SMARTS) is 1. The van der Waals surface area contributed by atoms with Gasteiger partial charge in [-0.3, -0.25) is 9.59 Å². The fourth-order valence-electron chi connectivity index (χ4n) is 6.20. The van der Waals surface area contributed by atoms with Crippen molar-refractivity contribution in [1.82, 2.24) is 10.2 Å². The normalized spacial score (nSPS) is 30.4. The number of carbonyl (C=O) groups is 3. The van der Waals surface area contributed by atoms with E-state index in [-0.39, 0.29) is 44.1 Å². The van der Waals surface area contributed by atoms with Crippen molar-refractivity contribution in [2.24, 2.45) is 16.7 Å². The smallest absolute Gasteiger partial charge is 0.407 e. The molecule has 35 heavy (non-hydrogen) atoms. The molecule has 1 saturated carbocycles. The summed E-state index contributed by atoms with van der Waals surface area (Å²) in [6, 6.07) is 15.7. The lowest BCUT2D eigenvalue weighted by atomic mass is 9.83. The van der Waals surface area contributed by atoms with E-state index >= 15 is 0 Å². The molecule has 4 unspecified atom stereocenters. The summed E-state index contributed by atoms with van der Waals surface area (Å²) in [6.07, 6.45) is 0.0356. The molecule has 8 nitrogen and oxygen atoms in total. The van der Waals surface area contributed by atoms with Crippen molar-refractivity contribution in [3.8, 4) is 11.1 Å². The van der Waals surface area contributed by atoms with E-state index in [1.807, 2.05) is 24.3 Å². The predicted octanol–water partition coefficient (Wildman–Crippen LogP) is 2.86. The van der Waals surface area contributed by atoms with Crippen molar-refractivity contribution in [1.29, 1.82) is 0 Å². The lowest BCUT2D eigenvalue weighted by molar-refractivity contribution is -0.145. The lowest BCUT2D eigenvalue weighted by Gasteiger charge is -2.33. The third kappa shape index (κ3) is 3.34. The van der Waals surface area contributed by atoms with Gasteiger partial charge in [-0.25, -0.2) is 4.79 Å². The number of hydrogen-bond acceptors (Lipinski definition) is 5. The summed E-state index contributed by atoms with van der Waals surface area (Å²) in [5.74, 6) is -1.04. The molecule has 0 spiro atoms. The minimum absolute atomic E-state index is 0.0170. The number of carboxylic acids is 1. The van der Waals surface area contributed by atoms with Crippen LogP contribution in [-0.4, -0.2) is 66.9 Å². The summed E-state index contributed by atoms with van der Waals surface area (Å²) in [5, 5.41) is 12.4. The Kier molecular flexibility index (Phi) is 4.93. The van der Waals surface area contributed by atoms with Gasteiger partial charge in [0, 0.05) is 19.0 Å². The molecular formula is C27H28N2O6. The number of piperidine rings is 1. The van der Waals surface area contributed by atoms with E-state index in [0.29, 0.717) is 13.0 Å². The largest absolute Gasteiger partial charge is 0.481 e. The average Bonchev–Trinajstić information content (AvgIpc) is 3.13. The van der Waals surface area contributed by atoms with E-state index in [9.17, 15) is 19.5 Å². The summed E-state index contributed by atoms with van der Waals surface area (Å²) in [5.41, 5.74) is 2.81. The van der Waals surface area contributed by atoms with Crippen molar-refractivity contribution in [2.75, 3.05) is 32.9 Å². The molecule has 2 N–H and O–H groups in total. The molecule has 2 saturated heterocycles. The van der Waals surface area contributed by atoms with E-state index < -0.39 is 28.9 Å². The third-order valence-corrected chi connectivity index (χ3v) is 8.44. The number of amides is 2. The molecule has 0 aromatic heterocycles. The van der Waals surface area contributed by atoms with E-state index in [1.54, 1.807) is 11.8 Å². The van der Waals surface area contributed by atoms with Gasteiger partial charge < -0.3 is 24.8 Å². The number of ether oxygens (including phenoxy) is 2. The summed E-state index contributed by atoms with van der Waals surface area (Å²) >= 11 is 0. The van der Waals surface area contributed by atoms with Gasteiger partial charge in [-0.2, -0.15) is 0 Å². The molecule has 2 aliphatic heterocycles. The van der Waals surface area contributed by atoms with Crippen LogP contribution < -0.4 is 5.32 Å². The maximum Gasteiger partial charge on any atom is 0.407 e. The van der Waals surface area contributed by atoms with Crippen LogP contribution in [0.15, 0.2) is 48.5 Å². The van der Waals surface area contributed by atoms with Crippen molar-refractivity contribution in [3.63, 3.8) is 0 Å². The van der Waals surface area contributed by atoms with Gasteiger partial charge in [-0.1, -0.05) is 48.5 Å². The molecule has 2 amide bonds. The molecule has 2 aromatic carbocycles. The van der Waals surface area contributed by atoms with E-state index in [1.165, 1.54) is 0 Å².